The SMILES string of the molecule is Nc1ccc(CN2CCN(C(=O)c3ccco3)CC2)cc1. The van der Waals surface area contributed by atoms with Crippen molar-refractivity contribution in [3.63, 3.8) is 0 Å². The fourth-order valence-electron chi connectivity index (χ4n) is 2.55. The Morgan fingerprint density at radius 3 is 2.43 bits per heavy atom. The highest BCUT2D eigenvalue weighted by molar-refractivity contribution is 5.91. The molecule has 0 unspecified atom stereocenters. The molecule has 0 atom stereocenters. The van der Waals surface area contributed by atoms with Crippen LogP contribution in [0.15, 0.2) is 47.1 Å². The Bertz CT molecular complexity index is 584. The van der Waals surface area contributed by atoms with E-state index in [0.717, 1.165) is 38.4 Å². The van der Waals surface area contributed by atoms with Crippen molar-refractivity contribution >= 4 is 11.6 Å². The Morgan fingerprint density at radius 1 is 1.10 bits per heavy atom. The monoisotopic (exact) mass is 285 g/mol. The molecule has 5 nitrogen and oxygen atoms in total. The Balaban J connectivity index is 1.53. The third-order valence-corrected chi connectivity index (χ3v) is 3.78. The fraction of sp³-hybridized carbons (Fsp3) is 0.312. The summed E-state index contributed by atoms with van der Waals surface area (Å²) in [5.41, 5.74) is 7.72. The number of anilines is 1. The number of piperazine rings is 1. The summed E-state index contributed by atoms with van der Waals surface area (Å²) < 4.78 is 5.17. The van der Waals surface area contributed by atoms with Gasteiger partial charge in [0.1, 0.15) is 0 Å². The number of furan rings is 1. The number of nitrogens with zero attached hydrogens (tertiary/aromatic N) is 2. The molecule has 2 heterocycles. The average molecular weight is 285 g/mol. The highest BCUT2D eigenvalue weighted by Crippen LogP contribution is 2.13. The Morgan fingerprint density at radius 2 is 1.81 bits per heavy atom. The largest absolute Gasteiger partial charge is 0.459 e. The fourth-order valence-corrected chi connectivity index (χ4v) is 2.55. The third kappa shape index (κ3) is 3.25. The van der Waals surface area contributed by atoms with Crippen molar-refractivity contribution in [2.75, 3.05) is 31.9 Å². The summed E-state index contributed by atoms with van der Waals surface area (Å²) in [6.45, 7) is 4.10. The molecule has 1 aliphatic heterocycles. The van der Waals surface area contributed by atoms with Gasteiger partial charge in [0, 0.05) is 38.4 Å². The summed E-state index contributed by atoms with van der Waals surface area (Å²) in [5, 5.41) is 0. The van der Waals surface area contributed by atoms with Crippen molar-refractivity contribution in [2.45, 2.75) is 6.54 Å². The maximum Gasteiger partial charge on any atom is 0.289 e. The minimum absolute atomic E-state index is 0.0212. The molecule has 21 heavy (non-hydrogen) atoms. The summed E-state index contributed by atoms with van der Waals surface area (Å²) in [4.78, 5) is 16.4. The average Bonchev–Trinajstić information content (AvgIpc) is 3.04. The van der Waals surface area contributed by atoms with Crippen LogP contribution in [0.5, 0.6) is 0 Å². The molecule has 0 saturated carbocycles. The van der Waals surface area contributed by atoms with Crippen LogP contribution in [0.25, 0.3) is 0 Å². The van der Waals surface area contributed by atoms with Crippen molar-refractivity contribution in [3.8, 4) is 0 Å². The van der Waals surface area contributed by atoms with Crippen molar-refractivity contribution in [2.24, 2.45) is 0 Å². The lowest BCUT2D eigenvalue weighted by atomic mass is 10.2. The van der Waals surface area contributed by atoms with Gasteiger partial charge < -0.3 is 15.1 Å². The minimum Gasteiger partial charge on any atom is -0.459 e. The molecule has 1 saturated heterocycles. The van der Waals surface area contributed by atoms with Gasteiger partial charge in [0.05, 0.1) is 6.26 Å². The van der Waals surface area contributed by atoms with Gasteiger partial charge in [0.25, 0.3) is 5.91 Å². The minimum atomic E-state index is -0.0212. The highest BCUT2D eigenvalue weighted by atomic mass is 16.3. The van der Waals surface area contributed by atoms with E-state index in [-0.39, 0.29) is 5.91 Å². The Hall–Kier alpha value is -2.27. The highest BCUT2D eigenvalue weighted by Gasteiger charge is 2.23. The predicted octanol–water partition coefficient (Wildman–Crippen LogP) is 1.82. The van der Waals surface area contributed by atoms with Gasteiger partial charge in [-0.1, -0.05) is 12.1 Å². The quantitative estimate of drug-likeness (QED) is 0.874. The lowest BCUT2D eigenvalue weighted by molar-refractivity contribution is 0.0598. The number of amides is 1. The van der Waals surface area contributed by atoms with Crippen LogP contribution < -0.4 is 5.73 Å². The number of nitrogens with two attached hydrogens (primary N) is 1. The standard InChI is InChI=1S/C16H19N3O2/c17-14-5-3-13(4-6-14)12-18-7-9-19(10-8-18)16(20)15-2-1-11-21-15/h1-6,11H,7-10,12,17H2. The molecular formula is C16H19N3O2. The van der Waals surface area contributed by atoms with Crippen LogP contribution >= 0.6 is 0 Å². The number of hydrogen-bond donors (Lipinski definition) is 1. The Labute approximate surface area is 123 Å². The first-order valence-electron chi connectivity index (χ1n) is 7.12. The molecule has 110 valence electrons. The maximum absolute atomic E-state index is 12.2. The van der Waals surface area contributed by atoms with E-state index in [2.05, 4.69) is 17.0 Å². The van der Waals surface area contributed by atoms with Gasteiger partial charge in [-0.3, -0.25) is 9.69 Å². The lowest BCUT2D eigenvalue weighted by Gasteiger charge is -2.34. The van der Waals surface area contributed by atoms with Gasteiger partial charge in [-0.25, -0.2) is 0 Å². The van der Waals surface area contributed by atoms with E-state index in [1.165, 1.54) is 11.8 Å². The number of nitrogen functional groups attached to an aromatic ring is 1. The number of hydrogen-bond acceptors (Lipinski definition) is 4. The zero-order chi connectivity index (χ0) is 14.7. The van der Waals surface area contributed by atoms with E-state index in [0.29, 0.717) is 5.76 Å². The molecule has 1 amide bonds. The first kappa shape index (κ1) is 13.7. The van der Waals surface area contributed by atoms with E-state index >= 15 is 0 Å². The number of benzene rings is 1. The number of rotatable bonds is 3. The zero-order valence-corrected chi connectivity index (χ0v) is 11.9. The smallest absolute Gasteiger partial charge is 0.289 e. The lowest BCUT2D eigenvalue weighted by Crippen LogP contribution is -2.48. The maximum atomic E-state index is 12.2. The molecule has 1 fully saturated rings. The normalized spacial score (nSPS) is 16.1. The van der Waals surface area contributed by atoms with Crippen LogP contribution in [0.1, 0.15) is 16.1 Å². The number of carbonyl (C=O) groups is 1. The summed E-state index contributed by atoms with van der Waals surface area (Å²) in [7, 11) is 0. The second-order valence-electron chi connectivity index (χ2n) is 5.29. The zero-order valence-electron chi connectivity index (χ0n) is 11.9. The second-order valence-corrected chi connectivity index (χ2v) is 5.29. The molecule has 5 heteroatoms. The second kappa shape index (κ2) is 6.01. The molecule has 0 aliphatic carbocycles. The molecule has 1 aliphatic rings. The summed E-state index contributed by atoms with van der Waals surface area (Å²) in [6, 6.07) is 11.4. The molecular weight excluding hydrogens is 266 g/mol. The van der Waals surface area contributed by atoms with Gasteiger partial charge >= 0.3 is 0 Å². The molecule has 2 aromatic rings. The van der Waals surface area contributed by atoms with E-state index < -0.39 is 0 Å². The third-order valence-electron chi connectivity index (χ3n) is 3.78. The van der Waals surface area contributed by atoms with Crippen molar-refractivity contribution < 1.29 is 9.21 Å². The van der Waals surface area contributed by atoms with Crippen LogP contribution in [-0.2, 0) is 6.54 Å². The molecule has 0 radical (unpaired) electrons. The van der Waals surface area contributed by atoms with Crippen LogP contribution in [0.4, 0.5) is 5.69 Å². The van der Waals surface area contributed by atoms with Crippen LogP contribution in [0.3, 0.4) is 0 Å². The van der Waals surface area contributed by atoms with Gasteiger partial charge in [-0.15, -0.1) is 0 Å². The van der Waals surface area contributed by atoms with Gasteiger partial charge in [-0.2, -0.15) is 0 Å². The summed E-state index contributed by atoms with van der Waals surface area (Å²) in [5.74, 6) is 0.397. The molecule has 3 rings (SSSR count). The molecule has 1 aromatic carbocycles. The first-order valence-corrected chi connectivity index (χ1v) is 7.12. The Kier molecular flexibility index (Phi) is 3.92. The van der Waals surface area contributed by atoms with E-state index in [1.54, 1.807) is 12.1 Å². The van der Waals surface area contributed by atoms with Crippen LogP contribution in [0, 0.1) is 0 Å². The van der Waals surface area contributed by atoms with Crippen molar-refractivity contribution in [1.82, 2.24) is 9.80 Å². The van der Waals surface area contributed by atoms with E-state index in [1.807, 2.05) is 17.0 Å². The summed E-state index contributed by atoms with van der Waals surface area (Å²) >= 11 is 0. The molecule has 1 aromatic heterocycles. The van der Waals surface area contributed by atoms with E-state index in [4.69, 9.17) is 10.2 Å². The molecule has 2 N–H and O–H groups in total. The van der Waals surface area contributed by atoms with E-state index in [9.17, 15) is 4.79 Å². The summed E-state index contributed by atoms with van der Waals surface area (Å²) in [6.07, 6.45) is 1.53. The van der Waals surface area contributed by atoms with Crippen LogP contribution in [0.2, 0.25) is 0 Å². The molecule has 0 bridgehead atoms. The molecule has 0 spiro atoms. The number of carbonyl (C=O) groups excluding carboxylic acids is 1. The van der Waals surface area contributed by atoms with Crippen LogP contribution in [-0.4, -0.2) is 41.9 Å². The predicted molar refractivity (Wildman–Crippen MR) is 80.7 cm³/mol. The van der Waals surface area contributed by atoms with Gasteiger partial charge in [0.2, 0.25) is 0 Å². The van der Waals surface area contributed by atoms with Crippen molar-refractivity contribution in [1.29, 1.82) is 0 Å². The van der Waals surface area contributed by atoms with Crippen molar-refractivity contribution in [3.05, 3.63) is 54.0 Å². The van der Waals surface area contributed by atoms with Gasteiger partial charge in [-0.05, 0) is 29.8 Å². The van der Waals surface area contributed by atoms with Gasteiger partial charge in [0.15, 0.2) is 5.76 Å². The first-order chi connectivity index (χ1) is 10.2. The topological polar surface area (TPSA) is 62.7 Å².